The van der Waals surface area contributed by atoms with Crippen LogP contribution in [0.3, 0.4) is 0 Å². The van der Waals surface area contributed by atoms with E-state index in [1.165, 1.54) is 0 Å². The predicted molar refractivity (Wildman–Crippen MR) is 29.4 cm³/mol. The van der Waals surface area contributed by atoms with Gasteiger partial charge in [-0.15, -0.1) is 0 Å². The van der Waals surface area contributed by atoms with Crippen LogP contribution >= 0.6 is 0 Å². The molecule has 2 nitrogen and oxygen atoms in total. The Balaban J connectivity index is 3.05. The third-order valence-electron chi connectivity index (χ3n) is 0.849. The van der Waals surface area contributed by atoms with Crippen molar-refractivity contribution in [3.8, 4) is 5.92 Å². The standard InChI is InChI=1S/C6H5N2/c1-3-6-4-7-8(2)5-6/h4-5H,2H3/q+1. The van der Waals surface area contributed by atoms with Gasteiger partial charge in [-0.05, 0) is 0 Å². The Labute approximate surface area is 48.1 Å². The van der Waals surface area contributed by atoms with Crippen molar-refractivity contribution in [3.63, 3.8) is 0 Å². The quantitative estimate of drug-likeness (QED) is 0.344. The summed E-state index contributed by atoms with van der Waals surface area (Å²) in [7, 11) is 1.81. The zero-order valence-corrected chi connectivity index (χ0v) is 4.55. The van der Waals surface area contributed by atoms with Crippen LogP contribution in [0.15, 0.2) is 12.4 Å². The van der Waals surface area contributed by atoms with Crippen LogP contribution in [0.4, 0.5) is 0 Å². The molecule has 2 heteroatoms. The van der Waals surface area contributed by atoms with Gasteiger partial charge in [-0.3, -0.25) is 0 Å². The minimum absolute atomic E-state index is 0.715. The first kappa shape index (κ1) is 5.13. The van der Waals surface area contributed by atoms with Crippen LogP contribution in [0.25, 0.3) is 0 Å². The molecule has 38 valence electrons. The number of aromatic nitrogens is 2. The van der Waals surface area contributed by atoms with Gasteiger partial charge in [0, 0.05) is 0 Å². The van der Waals surface area contributed by atoms with E-state index in [0.717, 1.165) is 0 Å². The van der Waals surface area contributed by atoms with E-state index in [9.17, 15) is 0 Å². The predicted octanol–water partition coefficient (Wildman–Crippen LogP) is 0.358. The van der Waals surface area contributed by atoms with Crippen molar-refractivity contribution in [2.45, 2.75) is 0 Å². The molecule has 0 saturated heterocycles. The molecule has 1 rings (SSSR count). The second-order valence-electron chi connectivity index (χ2n) is 1.53. The molecule has 1 aromatic heterocycles. The zero-order valence-electron chi connectivity index (χ0n) is 4.55. The molecule has 0 aliphatic heterocycles. The van der Waals surface area contributed by atoms with Crippen LogP contribution in [0, 0.1) is 12.3 Å². The van der Waals surface area contributed by atoms with Crippen LogP contribution < -0.4 is 0 Å². The van der Waals surface area contributed by atoms with Crippen molar-refractivity contribution >= 4 is 0 Å². The summed E-state index contributed by atoms with van der Waals surface area (Å²) in [5, 5.41) is 3.82. The molecule has 8 heavy (non-hydrogen) atoms. The van der Waals surface area contributed by atoms with Crippen LogP contribution in [-0.4, -0.2) is 9.78 Å². The molecular weight excluding hydrogens is 100 g/mol. The van der Waals surface area contributed by atoms with Gasteiger partial charge >= 0.3 is 47.1 Å². The second kappa shape index (κ2) is 1.85. The van der Waals surface area contributed by atoms with Gasteiger partial charge in [-0.2, -0.15) is 0 Å². The van der Waals surface area contributed by atoms with Crippen LogP contribution in [0.2, 0.25) is 0 Å². The number of nitrogens with zero attached hydrogens (tertiary/aromatic N) is 2. The van der Waals surface area contributed by atoms with E-state index in [2.05, 4.69) is 11.0 Å². The molecule has 0 spiro atoms. The summed E-state index contributed by atoms with van der Waals surface area (Å²) in [5.41, 5.74) is 0.715. The van der Waals surface area contributed by atoms with Gasteiger partial charge in [-0.25, -0.2) is 0 Å². The summed E-state index contributed by atoms with van der Waals surface area (Å²) in [6.07, 6.45) is 9.97. The van der Waals surface area contributed by atoms with E-state index in [-0.39, 0.29) is 0 Å². The fourth-order valence-electron chi connectivity index (χ4n) is 0.486. The number of rotatable bonds is 0. The summed E-state index contributed by atoms with van der Waals surface area (Å²) < 4.78 is 1.64. The van der Waals surface area contributed by atoms with Gasteiger partial charge in [0.25, 0.3) is 0 Å². The fraction of sp³-hybridized carbons (Fsp3) is 0.167. The first-order valence-corrected chi connectivity index (χ1v) is 2.24. The normalized spacial score (nSPS) is 8.88. The van der Waals surface area contributed by atoms with E-state index in [4.69, 9.17) is 6.42 Å². The zero-order chi connectivity index (χ0) is 5.98. The average Bonchev–Trinajstić information content (AvgIpc) is 2.14. The average molecular weight is 105 g/mol. The van der Waals surface area contributed by atoms with Crippen molar-refractivity contribution in [1.82, 2.24) is 9.78 Å². The SMILES string of the molecule is [C+]#Cc1cnn(C)c1. The van der Waals surface area contributed by atoms with Crippen LogP contribution in [-0.2, 0) is 7.05 Å². The van der Waals surface area contributed by atoms with E-state index >= 15 is 0 Å². The van der Waals surface area contributed by atoms with Gasteiger partial charge < -0.3 is 0 Å². The van der Waals surface area contributed by atoms with E-state index < -0.39 is 0 Å². The van der Waals surface area contributed by atoms with Gasteiger partial charge in [-0.1, -0.05) is 0 Å². The van der Waals surface area contributed by atoms with Crippen molar-refractivity contribution < 1.29 is 0 Å². The second-order valence-corrected chi connectivity index (χ2v) is 1.53. The van der Waals surface area contributed by atoms with Crippen LogP contribution in [0.1, 0.15) is 5.56 Å². The molecular formula is C6H5N2+. The molecule has 0 bridgehead atoms. The first-order chi connectivity index (χ1) is 3.83. The molecule has 1 aromatic rings. The Morgan fingerprint density at radius 1 is 1.88 bits per heavy atom. The van der Waals surface area contributed by atoms with Crippen LogP contribution in [0.5, 0.6) is 0 Å². The molecule has 0 radical (unpaired) electrons. The van der Waals surface area contributed by atoms with Crippen molar-refractivity contribution in [3.05, 3.63) is 24.4 Å². The summed E-state index contributed by atoms with van der Waals surface area (Å²) in [5.74, 6) is 2.21. The molecule has 0 aliphatic rings. The first-order valence-electron chi connectivity index (χ1n) is 2.24. The minimum atomic E-state index is 0.715. The molecule has 0 aromatic carbocycles. The third-order valence-corrected chi connectivity index (χ3v) is 0.849. The molecule has 0 amide bonds. The summed E-state index contributed by atoms with van der Waals surface area (Å²) >= 11 is 0. The van der Waals surface area contributed by atoms with Gasteiger partial charge in [0.05, 0.1) is 0 Å². The number of aryl methyl sites for hydroxylation is 1. The van der Waals surface area contributed by atoms with Crippen molar-refractivity contribution in [2.24, 2.45) is 7.05 Å². The topological polar surface area (TPSA) is 17.8 Å². The summed E-state index contributed by atoms with van der Waals surface area (Å²) in [6.45, 7) is 0. The van der Waals surface area contributed by atoms with E-state index in [1.807, 2.05) is 0 Å². The Morgan fingerprint density at radius 3 is 2.88 bits per heavy atom. The molecule has 0 aliphatic carbocycles. The number of hydrogen-bond donors (Lipinski definition) is 0. The third kappa shape index (κ3) is 0.796. The molecule has 0 atom stereocenters. The Bertz CT molecular complexity index is 217. The van der Waals surface area contributed by atoms with E-state index in [0.29, 0.717) is 5.56 Å². The number of hydrogen-bond acceptors (Lipinski definition) is 1. The van der Waals surface area contributed by atoms with E-state index in [1.54, 1.807) is 24.1 Å². The summed E-state index contributed by atoms with van der Waals surface area (Å²) in [6, 6.07) is 0. The Morgan fingerprint density at radius 2 is 2.62 bits per heavy atom. The Hall–Kier alpha value is -1.01. The van der Waals surface area contributed by atoms with Gasteiger partial charge in [0.2, 0.25) is 0 Å². The maximum absolute atomic E-state index is 6.65. The van der Waals surface area contributed by atoms with Crippen molar-refractivity contribution in [2.75, 3.05) is 0 Å². The molecule has 0 fully saturated rings. The van der Waals surface area contributed by atoms with Gasteiger partial charge in [0.1, 0.15) is 0 Å². The fourth-order valence-corrected chi connectivity index (χ4v) is 0.486. The molecule has 1 heterocycles. The molecule has 0 N–H and O–H groups in total. The van der Waals surface area contributed by atoms with Gasteiger partial charge in [0.15, 0.2) is 0 Å². The Kier molecular flexibility index (Phi) is 1.18. The molecule has 0 saturated carbocycles. The molecule has 0 unspecified atom stereocenters. The maximum atomic E-state index is 6.65. The summed E-state index contributed by atoms with van der Waals surface area (Å²) in [4.78, 5) is 0. The van der Waals surface area contributed by atoms with Crippen molar-refractivity contribution in [1.29, 1.82) is 0 Å². The monoisotopic (exact) mass is 105 g/mol.